The Bertz CT molecular complexity index is 586. The van der Waals surface area contributed by atoms with Crippen molar-refractivity contribution < 1.29 is 14.9 Å². The van der Waals surface area contributed by atoms with Gasteiger partial charge in [-0.1, -0.05) is 20.3 Å². The molecule has 3 nitrogen and oxygen atoms in total. The fraction of sp³-hybridized carbons (Fsp3) is 1.00. The molecule has 4 saturated carbocycles. The maximum Gasteiger partial charge on any atom is 0.111 e. The fourth-order valence-corrected chi connectivity index (χ4v) is 8.98. The summed E-state index contributed by atoms with van der Waals surface area (Å²) in [5, 5.41) is 20.6. The first-order chi connectivity index (χ1) is 13.3. The molecule has 8 unspecified atom stereocenters. The van der Waals surface area contributed by atoms with Gasteiger partial charge in [-0.3, -0.25) is 0 Å². The van der Waals surface area contributed by atoms with Crippen LogP contribution in [0, 0.1) is 40.4 Å². The van der Waals surface area contributed by atoms with E-state index in [0.717, 1.165) is 48.9 Å². The molecule has 5 aliphatic rings. The van der Waals surface area contributed by atoms with Gasteiger partial charge in [-0.25, -0.2) is 0 Å². The summed E-state index contributed by atoms with van der Waals surface area (Å²) < 4.78 is 5.22. The lowest BCUT2D eigenvalue weighted by Crippen LogP contribution is -2.54. The van der Waals surface area contributed by atoms with E-state index < -0.39 is 5.60 Å². The van der Waals surface area contributed by atoms with E-state index >= 15 is 0 Å². The molecule has 160 valence electrons. The molecular formula is C25H42O3. The van der Waals surface area contributed by atoms with Gasteiger partial charge >= 0.3 is 0 Å². The van der Waals surface area contributed by atoms with E-state index in [-0.39, 0.29) is 6.10 Å². The van der Waals surface area contributed by atoms with E-state index in [1.807, 2.05) is 0 Å². The Balaban J connectivity index is 1.26. The van der Waals surface area contributed by atoms with Gasteiger partial charge in [-0.15, -0.1) is 0 Å². The van der Waals surface area contributed by atoms with Crippen molar-refractivity contribution in [1.29, 1.82) is 0 Å². The molecule has 0 aromatic heterocycles. The summed E-state index contributed by atoms with van der Waals surface area (Å²) in [7, 11) is 0. The molecule has 1 heterocycles. The lowest BCUT2D eigenvalue weighted by molar-refractivity contribution is -0.182. The van der Waals surface area contributed by atoms with Crippen LogP contribution in [0.4, 0.5) is 0 Å². The number of rotatable bonds is 4. The zero-order chi connectivity index (χ0) is 19.6. The third-order valence-electron chi connectivity index (χ3n) is 10.8. The van der Waals surface area contributed by atoms with Crippen molar-refractivity contribution in [1.82, 2.24) is 0 Å². The molecule has 4 aliphatic carbocycles. The van der Waals surface area contributed by atoms with Crippen molar-refractivity contribution in [2.45, 2.75) is 103 Å². The van der Waals surface area contributed by atoms with Gasteiger partial charge < -0.3 is 14.9 Å². The first-order valence-corrected chi connectivity index (χ1v) is 12.3. The number of fused-ring (bicyclic) bond motifs is 5. The number of aliphatic hydroxyl groups excluding tert-OH is 1. The third-order valence-corrected chi connectivity index (χ3v) is 10.8. The van der Waals surface area contributed by atoms with Crippen molar-refractivity contribution >= 4 is 0 Å². The molecule has 3 heteroatoms. The SMILES string of the molecule is CC12CCC3C(CCC4CC(O)CCC43C)C1CCC2CCCC1(O)COC1. The van der Waals surface area contributed by atoms with Gasteiger partial charge in [0.15, 0.2) is 0 Å². The number of hydrogen-bond donors (Lipinski definition) is 2. The van der Waals surface area contributed by atoms with Crippen LogP contribution in [0.25, 0.3) is 0 Å². The molecule has 0 radical (unpaired) electrons. The minimum absolute atomic E-state index is 0.0322. The molecule has 8 atom stereocenters. The highest BCUT2D eigenvalue weighted by Gasteiger charge is 2.59. The zero-order valence-electron chi connectivity index (χ0n) is 18.2. The van der Waals surface area contributed by atoms with Gasteiger partial charge in [0, 0.05) is 0 Å². The molecule has 5 rings (SSSR count). The Hall–Kier alpha value is -0.120. The second kappa shape index (κ2) is 6.95. The Kier molecular flexibility index (Phi) is 4.92. The highest BCUT2D eigenvalue weighted by atomic mass is 16.5. The quantitative estimate of drug-likeness (QED) is 0.715. The van der Waals surface area contributed by atoms with E-state index in [2.05, 4.69) is 13.8 Å². The minimum Gasteiger partial charge on any atom is -0.393 e. The summed E-state index contributed by atoms with van der Waals surface area (Å²) in [5.74, 6) is 4.40. The summed E-state index contributed by atoms with van der Waals surface area (Å²) >= 11 is 0. The van der Waals surface area contributed by atoms with Crippen molar-refractivity contribution in [3.05, 3.63) is 0 Å². The largest absolute Gasteiger partial charge is 0.393 e. The molecule has 0 bridgehead atoms. The molecule has 28 heavy (non-hydrogen) atoms. The van der Waals surface area contributed by atoms with Crippen molar-refractivity contribution in [2.75, 3.05) is 13.2 Å². The van der Waals surface area contributed by atoms with Crippen LogP contribution in [0.15, 0.2) is 0 Å². The van der Waals surface area contributed by atoms with Crippen LogP contribution in [-0.2, 0) is 4.74 Å². The maximum atomic E-state index is 10.3. The normalized spacial score (nSPS) is 52.3. The Morgan fingerprint density at radius 2 is 1.64 bits per heavy atom. The van der Waals surface area contributed by atoms with Crippen LogP contribution in [0.2, 0.25) is 0 Å². The van der Waals surface area contributed by atoms with Crippen molar-refractivity contribution in [3.63, 3.8) is 0 Å². The fourth-order valence-electron chi connectivity index (χ4n) is 8.98. The van der Waals surface area contributed by atoms with Gasteiger partial charge in [0.05, 0.1) is 19.3 Å². The van der Waals surface area contributed by atoms with Crippen molar-refractivity contribution in [2.24, 2.45) is 40.4 Å². The van der Waals surface area contributed by atoms with E-state index in [1.54, 1.807) is 0 Å². The van der Waals surface area contributed by atoms with Gasteiger partial charge in [0.1, 0.15) is 5.60 Å². The molecule has 1 aliphatic heterocycles. The minimum atomic E-state index is -0.505. The number of aliphatic hydroxyl groups is 2. The highest BCUT2D eigenvalue weighted by molar-refractivity contribution is 5.09. The van der Waals surface area contributed by atoms with Crippen molar-refractivity contribution in [3.8, 4) is 0 Å². The Morgan fingerprint density at radius 3 is 2.39 bits per heavy atom. The Morgan fingerprint density at radius 1 is 0.893 bits per heavy atom. The van der Waals surface area contributed by atoms with E-state index in [4.69, 9.17) is 4.74 Å². The maximum absolute atomic E-state index is 10.3. The second-order valence-electron chi connectivity index (χ2n) is 12.0. The monoisotopic (exact) mass is 390 g/mol. The van der Waals surface area contributed by atoms with Gasteiger partial charge in [0.2, 0.25) is 0 Å². The summed E-state index contributed by atoms with van der Waals surface area (Å²) in [4.78, 5) is 0. The predicted octanol–water partition coefficient (Wildman–Crippen LogP) is 4.94. The average molecular weight is 391 g/mol. The lowest BCUT2D eigenvalue weighted by Gasteiger charge is -2.61. The van der Waals surface area contributed by atoms with Crippen LogP contribution in [0.3, 0.4) is 0 Å². The van der Waals surface area contributed by atoms with E-state index in [0.29, 0.717) is 24.0 Å². The molecule has 0 aromatic rings. The molecule has 0 spiro atoms. The van der Waals surface area contributed by atoms with E-state index in [9.17, 15) is 10.2 Å². The van der Waals surface area contributed by atoms with Gasteiger partial charge in [-0.2, -0.15) is 0 Å². The second-order valence-corrected chi connectivity index (χ2v) is 12.0. The number of hydrogen-bond acceptors (Lipinski definition) is 3. The highest BCUT2D eigenvalue weighted by Crippen LogP contribution is 2.67. The standard InChI is InChI=1S/C25H42O3/c1-23-13-10-22-20(7-5-18-14-19(26)9-12-24(18,22)2)21(23)8-6-17(23)4-3-11-25(27)15-28-16-25/h17-22,26-27H,3-16H2,1-2H3. The Labute approximate surface area is 171 Å². The molecule has 1 saturated heterocycles. The van der Waals surface area contributed by atoms with Crippen LogP contribution < -0.4 is 0 Å². The first-order valence-electron chi connectivity index (χ1n) is 12.3. The molecule has 2 N–H and O–H groups in total. The number of ether oxygens (including phenoxy) is 1. The molecular weight excluding hydrogens is 348 g/mol. The van der Waals surface area contributed by atoms with Crippen LogP contribution in [0.1, 0.15) is 90.9 Å². The van der Waals surface area contributed by atoms with Gasteiger partial charge in [-0.05, 0) is 111 Å². The summed E-state index contributed by atoms with van der Waals surface area (Å²) in [6, 6.07) is 0. The van der Waals surface area contributed by atoms with Crippen LogP contribution >= 0.6 is 0 Å². The molecule has 0 aromatic carbocycles. The van der Waals surface area contributed by atoms with E-state index in [1.165, 1.54) is 57.8 Å². The lowest BCUT2D eigenvalue weighted by atomic mass is 9.44. The van der Waals surface area contributed by atoms with Crippen LogP contribution in [-0.4, -0.2) is 35.1 Å². The smallest absolute Gasteiger partial charge is 0.111 e. The summed E-state index contributed by atoms with van der Waals surface area (Å²) in [5.41, 5.74) is 0.529. The van der Waals surface area contributed by atoms with Gasteiger partial charge in [0.25, 0.3) is 0 Å². The predicted molar refractivity (Wildman–Crippen MR) is 111 cm³/mol. The zero-order valence-corrected chi connectivity index (χ0v) is 18.2. The molecule has 0 amide bonds. The topological polar surface area (TPSA) is 49.7 Å². The summed E-state index contributed by atoms with van der Waals surface area (Å²) in [6.45, 7) is 6.33. The average Bonchev–Trinajstić information content (AvgIpc) is 2.97. The third kappa shape index (κ3) is 3.02. The molecule has 5 fully saturated rings. The first kappa shape index (κ1) is 19.8. The summed E-state index contributed by atoms with van der Waals surface area (Å²) in [6.07, 6.45) is 15.2. The van der Waals surface area contributed by atoms with Crippen LogP contribution in [0.5, 0.6) is 0 Å².